The summed E-state index contributed by atoms with van der Waals surface area (Å²) in [6.45, 7) is 4.24. The highest BCUT2D eigenvalue weighted by Crippen LogP contribution is 2.22. The van der Waals surface area contributed by atoms with Gasteiger partial charge in [0.05, 0.1) is 5.56 Å². The van der Waals surface area contributed by atoms with Crippen molar-refractivity contribution in [3.8, 4) is 0 Å². The predicted molar refractivity (Wildman–Crippen MR) is 87.0 cm³/mol. The van der Waals surface area contributed by atoms with Gasteiger partial charge < -0.3 is 11.1 Å². The third-order valence-electron chi connectivity index (χ3n) is 3.07. The quantitative estimate of drug-likeness (QED) is 0.818. The maximum absolute atomic E-state index is 12.2. The number of hydrogen-bond donors (Lipinski definition) is 2. The van der Waals surface area contributed by atoms with E-state index in [2.05, 4.69) is 35.1 Å². The lowest BCUT2D eigenvalue weighted by Gasteiger charge is -2.10. The number of amides is 1. The molecule has 1 amide bonds. The lowest BCUT2D eigenvalue weighted by molar-refractivity contribution is 0.102. The number of hydrogen-bond acceptors (Lipinski definition) is 2. The summed E-state index contributed by atoms with van der Waals surface area (Å²) >= 11 is 3.33. The normalized spacial score (nSPS) is 10.6. The van der Waals surface area contributed by atoms with Gasteiger partial charge >= 0.3 is 0 Å². The Labute approximate surface area is 127 Å². The second kappa shape index (κ2) is 6.09. The zero-order valence-electron chi connectivity index (χ0n) is 11.5. The van der Waals surface area contributed by atoms with Gasteiger partial charge in [0.1, 0.15) is 0 Å². The number of rotatable bonds is 3. The Hall–Kier alpha value is -1.81. The second-order valence-electron chi connectivity index (χ2n) is 4.97. The molecule has 0 unspecified atom stereocenters. The molecule has 0 saturated carbocycles. The minimum Gasteiger partial charge on any atom is -0.398 e. The number of carbonyl (C=O) groups is 1. The molecule has 2 aromatic carbocycles. The molecule has 0 aromatic heterocycles. The molecule has 104 valence electrons. The number of halogens is 1. The van der Waals surface area contributed by atoms with Crippen LogP contribution in [0.15, 0.2) is 46.9 Å². The monoisotopic (exact) mass is 332 g/mol. The average molecular weight is 333 g/mol. The van der Waals surface area contributed by atoms with E-state index in [0.29, 0.717) is 17.2 Å². The molecule has 2 aromatic rings. The van der Waals surface area contributed by atoms with Crippen molar-refractivity contribution in [1.29, 1.82) is 0 Å². The number of anilines is 2. The van der Waals surface area contributed by atoms with Crippen molar-refractivity contribution in [2.45, 2.75) is 19.8 Å². The van der Waals surface area contributed by atoms with Crippen molar-refractivity contribution in [2.75, 3.05) is 11.1 Å². The Balaban J connectivity index is 2.21. The van der Waals surface area contributed by atoms with E-state index in [1.165, 1.54) is 5.56 Å². The lowest BCUT2D eigenvalue weighted by Crippen LogP contribution is -2.14. The predicted octanol–water partition coefficient (Wildman–Crippen LogP) is 4.41. The fourth-order valence-corrected chi connectivity index (χ4v) is 2.29. The first-order chi connectivity index (χ1) is 9.47. The molecule has 0 bridgehead atoms. The maximum atomic E-state index is 12.2. The Morgan fingerprint density at radius 1 is 1.20 bits per heavy atom. The van der Waals surface area contributed by atoms with Crippen LogP contribution >= 0.6 is 15.9 Å². The first-order valence-corrected chi connectivity index (χ1v) is 7.23. The van der Waals surface area contributed by atoms with Crippen molar-refractivity contribution >= 4 is 33.2 Å². The van der Waals surface area contributed by atoms with Gasteiger partial charge in [-0.05, 0) is 41.8 Å². The molecule has 4 heteroatoms. The summed E-state index contributed by atoms with van der Waals surface area (Å²) in [4.78, 5) is 12.2. The number of nitrogens with two attached hydrogens (primary N) is 1. The summed E-state index contributed by atoms with van der Waals surface area (Å²) in [6, 6.07) is 13.1. The fourth-order valence-electron chi connectivity index (χ4n) is 1.91. The van der Waals surface area contributed by atoms with E-state index in [0.717, 1.165) is 10.2 Å². The molecule has 0 heterocycles. The van der Waals surface area contributed by atoms with Gasteiger partial charge in [0.2, 0.25) is 0 Å². The van der Waals surface area contributed by atoms with E-state index in [-0.39, 0.29) is 5.91 Å². The van der Waals surface area contributed by atoms with E-state index in [1.54, 1.807) is 18.2 Å². The number of nitrogen functional groups attached to an aromatic ring is 1. The van der Waals surface area contributed by atoms with E-state index in [1.807, 2.05) is 24.3 Å². The van der Waals surface area contributed by atoms with Gasteiger partial charge in [0.15, 0.2) is 0 Å². The largest absolute Gasteiger partial charge is 0.398 e. The highest BCUT2D eigenvalue weighted by molar-refractivity contribution is 9.10. The van der Waals surface area contributed by atoms with Crippen LogP contribution < -0.4 is 11.1 Å². The van der Waals surface area contributed by atoms with Crippen molar-refractivity contribution in [2.24, 2.45) is 0 Å². The van der Waals surface area contributed by atoms with Crippen molar-refractivity contribution in [3.63, 3.8) is 0 Å². The van der Waals surface area contributed by atoms with Gasteiger partial charge in [0.25, 0.3) is 5.91 Å². The van der Waals surface area contributed by atoms with Crippen molar-refractivity contribution in [3.05, 3.63) is 58.1 Å². The Morgan fingerprint density at radius 2 is 1.95 bits per heavy atom. The molecule has 0 aliphatic rings. The third-order valence-corrected chi connectivity index (χ3v) is 3.56. The summed E-state index contributed by atoms with van der Waals surface area (Å²) in [5.74, 6) is 0.223. The van der Waals surface area contributed by atoms with Crippen LogP contribution in [0, 0.1) is 0 Å². The van der Waals surface area contributed by atoms with Crippen LogP contribution in [-0.2, 0) is 0 Å². The van der Waals surface area contributed by atoms with Crippen LogP contribution in [0.5, 0.6) is 0 Å². The summed E-state index contributed by atoms with van der Waals surface area (Å²) in [7, 11) is 0. The van der Waals surface area contributed by atoms with Crippen molar-refractivity contribution < 1.29 is 4.79 Å². The topological polar surface area (TPSA) is 55.1 Å². The smallest absolute Gasteiger partial charge is 0.257 e. The zero-order chi connectivity index (χ0) is 14.7. The minimum absolute atomic E-state index is 0.198. The molecule has 0 atom stereocenters. The van der Waals surface area contributed by atoms with Crippen molar-refractivity contribution in [1.82, 2.24) is 0 Å². The summed E-state index contributed by atoms with van der Waals surface area (Å²) in [6.07, 6.45) is 0. The summed E-state index contributed by atoms with van der Waals surface area (Å²) in [5.41, 5.74) is 8.76. The van der Waals surface area contributed by atoms with Crippen LogP contribution in [0.25, 0.3) is 0 Å². The zero-order valence-corrected chi connectivity index (χ0v) is 13.1. The van der Waals surface area contributed by atoms with Crippen LogP contribution in [0.1, 0.15) is 35.7 Å². The second-order valence-corrected chi connectivity index (χ2v) is 5.88. The first kappa shape index (κ1) is 14.6. The van der Waals surface area contributed by atoms with E-state index < -0.39 is 0 Å². The minimum atomic E-state index is -0.198. The highest BCUT2D eigenvalue weighted by atomic mass is 79.9. The molecule has 0 radical (unpaired) electrons. The van der Waals surface area contributed by atoms with Crippen LogP contribution in [-0.4, -0.2) is 5.91 Å². The maximum Gasteiger partial charge on any atom is 0.257 e. The van der Waals surface area contributed by atoms with Crippen LogP contribution in [0.3, 0.4) is 0 Å². The van der Waals surface area contributed by atoms with Gasteiger partial charge in [-0.1, -0.05) is 41.9 Å². The molecule has 20 heavy (non-hydrogen) atoms. The molecule has 0 aliphatic heterocycles. The highest BCUT2D eigenvalue weighted by Gasteiger charge is 2.10. The van der Waals surface area contributed by atoms with E-state index in [4.69, 9.17) is 5.73 Å². The average Bonchev–Trinajstić information content (AvgIpc) is 2.38. The molecular formula is C16H17BrN2O. The molecule has 0 fully saturated rings. The number of carbonyl (C=O) groups excluding carboxylic acids is 1. The van der Waals surface area contributed by atoms with Gasteiger partial charge in [-0.25, -0.2) is 0 Å². The molecular weight excluding hydrogens is 316 g/mol. The van der Waals surface area contributed by atoms with Gasteiger partial charge in [-0.2, -0.15) is 0 Å². The Kier molecular flexibility index (Phi) is 4.45. The molecule has 0 saturated heterocycles. The lowest BCUT2D eigenvalue weighted by atomic mass is 10.0. The third kappa shape index (κ3) is 3.39. The Morgan fingerprint density at radius 3 is 2.60 bits per heavy atom. The molecule has 2 rings (SSSR count). The number of benzene rings is 2. The first-order valence-electron chi connectivity index (χ1n) is 6.43. The van der Waals surface area contributed by atoms with Gasteiger partial charge in [-0.15, -0.1) is 0 Å². The van der Waals surface area contributed by atoms with E-state index in [9.17, 15) is 4.79 Å². The summed E-state index contributed by atoms with van der Waals surface area (Å²) in [5, 5.41) is 2.88. The molecule has 3 nitrogen and oxygen atoms in total. The SMILES string of the molecule is CC(C)c1cccc(NC(=O)c2ccc(Br)cc2N)c1. The number of nitrogens with one attached hydrogen (secondary N) is 1. The standard InChI is InChI=1S/C16H17BrN2O/c1-10(2)11-4-3-5-13(8-11)19-16(20)14-7-6-12(17)9-15(14)18/h3-10H,18H2,1-2H3,(H,19,20). The molecule has 0 aliphatic carbocycles. The fraction of sp³-hybridized carbons (Fsp3) is 0.188. The Bertz CT molecular complexity index is 638. The van der Waals surface area contributed by atoms with Crippen LogP contribution in [0.4, 0.5) is 11.4 Å². The van der Waals surface area contributed by atoms with E-state index >= 15 is 0 Å². The van der Waals surface area contributed by atoms with Crippen LogP contribution in [0.2, 0.25) is 0 Å². The van der Waals surface area contributed by atoms with Gasteiger partial charge in [0, 0.05) is 15.8 Å². The van der Waals surface area contributed by atoms with Gasteiger partial charge in [-0.3, -0.25) is 4.79 Å². The molecule has 3 N–H and O–H groups in total. The molecule has 0 spiro atoms. The summed E-state index contributed by atoms with van der Waals surface area (Å²) < 4.78 is 0.855.